The van der Waals surface area contributed by atoms with Gasteiger partial charge in [0.1, 0.15) is 0 Å². The second kappa shape index (κ2) is 6.78. The highest BCUT2D eigenvalue weighted by molar-refractivity contribution is 5.78. The highest BCUT2D eigenvalue weighted by Gasteiger charge is 2.22. The van der Waals surface area contributed by atoms with Gasteiger partial charge in [0.25, 0.3) is 0 Å². The van der Waals surface area contributed by atoms with E-state index in [9.17, 15) is 4.79 Å². The molecule has 2 atom stereocenters. The van der Waals surface area contributed by atoms with Crippen molar-refractivity contribution in [3.05, 3.63) is 29.8 Å². The molecule has 1 aromatic carbocycles. The van der Waals surface area contributed by atoms with Gasteiger partial charge in [0, 0.05) is 30.7 Å². The third-order valence-electron chi connectivity index (χ3n) is 4.23. The summed E-state index contributed by atoms with van der Waals surface area (Å²) in [6, 6.07) is 8.93. The molecule has 1 aliphatic rings. The van der Waals surface area contributed by atoms with Crippen LogP contribution >= 0.6 is 0 Å². The normalized spacial score (nSPS) is 20.6. The first-order valence-electron chi connectivity index (χ1n) is 7.72. The van der Waals surface area contributed by atoms with Gasteiger partial charge in [0.15, 0.2) is 0 Å². The van der Waals surface area contributed by atoms with Crippen LogP contribution in [0.3, 0.4) is 0 Å². The molecule has 0 aromatic heterocycles. The van der Waals surface area contributed by atoms with E-state index in [1.165, 1.54) is 11.3 Å². The van der Waals surface area contributed by atoms with Crippen LogP contribution in [-0.2, 0) is 4.79 Å². The molecule has 0 radical (unpaired) electrons. The van der Waals surface area contributed by atoms with E-state index in [4.69, 9.17) is 0 Å². The molecule has 0 spiro atoms. The van der Waals surface area contributed by atoms with Crippen LogP contribution in [0, 0.1) is 12.8 Å². The van der Waals surface area contributed by atoms with Crippen molar-refractivity contribution >= 4 is 11.6 Å². The van der Waals surface area contributed by atoms with Gasteiger partial charge in [-0.1, -0.05) is 31.5 Å². The van der Waals surface area contributed by atoms with Gasteiger partial charge in [-0.3, -0.25) is 4.79 Å². The van der Waals surface area contributed by atoms with Crippen LogP contribution in [0.4, 0.5) is 5.69 Å². The molecule has 1 aromatic rings. The number of carbonyl (C=O) groups excluding carboxylic acids is 1. The first-order valence-corrected chi connectivity index (χ1v) is 7.72. The van der Waals surface area contributed by atoms with Crippen molar-refractivity contribution in [3.63, 3.8) is 0 Å². The lowest BCUT2D eigenvalue weighted by Gasteiger charge is -2.35. The maximum absolute atomic E-state index is 12.0. The molecule has 3 heteroatoms. The molecule has 110 valence electrons. The van der Waals surface area contributed by atoms with Crippen LogP contribution in [0.15, 0.2) is 24.3 Å². The minimum Gasteiger partial charge on any atom is -0.369 e. The topological polar surface area (TPSA) is 32.3 Å². The summed E-state index contributed by atoms with van der Waals surface area (Å²) >= 11 is 0. The Morgan fingerprint density at radius 2 is 2.10 bits per heavy atom. The number of rotatable bonds is 4. The second-order valence-corrected chi connectivity index (χ2v) is 5.94. The molecule has 3 nitrogen and oxygen atoms in total. The Hall–Kier alpha value is -1.51. The minimum atomic E-state index is 0.116. The van der Waals surface area contributed by atoms with Gasteiger partial charge >= 0.3 is 0 Å². The molecule has 1 saturated heterocycles. The van der Waals surface area contributed by atoms with E-state index in [1.807, 2.05) is 6.92 Å². The highest BCUT2D eigenvalue weighted by Crippen LogP contribution is 2.20. The van der Waals surface area contributed by atoms with E-state index in [0.29, 0.717) is 0 Å². The average Bonchev–Trinajstić information content (AvgIpc) is 2.47. The molecule has 20 heavy (non-hydrogen) atoms. The fraction of sp³-hybridized carbons (Fsp3) is 0.588. The monoisotopic (exact) mass is 274 g/mol. The summed E-state index contributed by atoms with van der Waals surface area (Å²) in [5.74, 6) is 0.313. The summed E-state index contributed by atoms with van der Waals surface area (Å²) in [6.07, 6.45) is 3.13. The molecule has 2 rings (SSSR count). The van der Waals surface area contributed by atoms with Crippen LogP contribution in [0.25, 0.3) is 0 Å². The van der Waals surface area contributed by atoms with Crippen molar-refractivity contribution in [2.75, 3.05) is 18.0 Å². The van der Waals surface area contributed by atoms with Crippen molar-refractivity contribution < 1.29 is 4.79 Å². The standard InChI is InChI=1S/C17H26N2O/c1-4-14(3)17(20)18-15-6-5-11-19(12-15)16-9-7-13(2)8-10-16/h7-10,14-15H,4-6,11-12H2,1-3H3,(H,18,20). The molecule has 1 N–H and O–H groups in total. The lowest BCUT2D eigenvalue weighted by Crippen LogP contribution is -2.49. The molecule has 1 aliphatic heterocycles. The Bertz CT molecular complexity index is 441. The maximum atomic E-state index is 12.0. The molecule has 1 amide bonds. The molecular formula is C17H26N2O. The van der Waals surface area contributed by atoms with Gasteiger partial charge in [0.05, 0.1) is 0 Å². The van der Waals surface area contributed by atoms with Crippen molar-refractivity contribution in [2.45, 2.75) is 46.1 Å². The SMILES string of the molecule is CCC(C)C(=O)NC1CCCN(c2ccc(C)cc2)C1. The number of benzene rings is 1. The Balaban J connectivity index is 1.95. The van der Waals surface area contributed by atoms with E-state index in [1.54, 1.807) is 0 Å². The molecule has 0 bridgehead atoms. The van der Waals surface area contributed by atoms with Crippen molar-refractivity contribution in [1.29, 1.82) is 0 Å². The predicted octanol–water partition coefficient (Wildman–Crippen LogP) is 3.13. The van der Waals surface area contributed by atoms with Gasteiger partial charge < -0.3 is 10.2 Å². The van der Waals surface area contributed by atoms with Gasteiger partial charge in [-0.15, -0.1) is 0 Å². The van der Waals surface area contributed by atoms with Gasteiger partial charge in [-0.05, 0) is 38.3 Å². The first-order chi connectivity index (χ1) is 9.60. The number of aryl methyl sites for hydroxylation is 1. The zero-order valence-electron chi connectivity index (χ0n) is 12.9. The van der Waals surface area contributed by atoms with Gasteiger partial charge in [0.2, 0.25) is 5.91 Å². The number of nitrogens with zero attached hydrogens (tertiary/aromatic N) is 1. The summed E-state index contributed by atoms with van der Waals surface area (Å²) in [5.41, 5.74) is 2.55. The van der Waals surface area contributed by atoms with E-state index in [0.717, 1.165) is 32.4 Å². The van der Waals surface area contributed by atoms with Crippen LogP contribution in [0.5, 0.6) is 0 Å². The molecule has 2 unspecified atom stereocenters. The Morgan fingerprint density at radius 3 is 2.75 bits per heavy atom. The maximum Gasteiger partial charge on any atom is 0.223 e. The molecule has 1 fully saturated rings. The fourth-order valence-corrected chi connectivity index (χ4v) is 2.61. The molecule has 1 heterocycles. The first kappa shape index (κ1) is 14.9. The van der Waals surface area contributed by atoms with Crippen molar-refractivity contribution in [3.8, 4) is 0 Å². The third-order valence-corrected chi connectivity index (χ3v) is 4.23. The lowest BCUT2D eigenvalue weighted by molar-refractivity contribution is -0.125. The number of anilines is 1. The fourth-order valence-electron chi connectivity index (χ4n) is 2.61. The summed E-state index contributed by atoms with van der Waals surface area (Å²) in [6.45, 7) is 8.17. The quantitative estimate of drug-likeness (QED) is 0.915. The van der Waals surface area contributed by atoms with Crippen LogP contribution < -0.4 is 10.2 Å². The smallest absolute Gasteiger partial charge is 0.223 e. The Kier molecular flexibility index (Phi) is 5.05. The van der Waals surface area contributed by atoms with E-state index in [-0.39, 0.29) is 17.9 Å². The van der Waals surface area contributed by atoms with Gasteiger partial charge in [-0.25, -0.2) is 0 Å². The summed E-state index contributed by atoms with van der Waals surface area (Å²) in [5, 5.41) is 3.20. The van der Waals surface area contributed by atoms with Crippen LogP contribution in [-0.4, -0.2) is 25.0 Å². The zero-order chi connectivity index (χ0) is 14.5. The summed E-state index contributed by atoms with van der Waals surface area (Å²) < 4.78 is 0. The second-order valence-electron chi connectivity index (χ2n) is 5.94. The van der Waals surface area contributed by atoms with Crippen molar-refractivity contribution in [1.82, 2.24) is 5.32 Å². The minimum absolute atomic E-state index is 0.116. The van der Waals surface area contributed by atoms with E-state index in [2.05, 4.69) is 48.3 Å². The number of carbonyl (C=O) groups is 1. The number of piperidine rings is 1. The average molecular weight is 274 g/mol. The molecule has 0 aliphatic carbocycles. The van der Waals surface area contributed by atoms with Crippen molar-refractivity contribution in [2.24, 2.45) is 5.92 Å². The van der Waals surface area contributed by atoms with Crippen LogP contribution in [0.1, 0.15) is 38.7 Å². The predicted molar refractivity (Wildman–Crippen MR) is 84.0 cm³/mol. The largest absolute Gasteiger partial charge is 0.369 e. The highest BCUT2D eigenvalue weighted by atomic mass is 16.1. The molecule has 0 saturated carbocycles. The third kappa shape index (κ3) is 3.75. The number of hydrogen-bond acceptors (Lipinski definition) is 2. The molecular weight excluding hydrogens is 248 g/mol. The number of nitrogens with one attached hydrogen (secondary N) is 1. The van der Waals surface area contributed by atoms with Gasteiger partial charge in [-0.2, -0.15) is 0 Å². The van der Waals surface area contributed by atoms with E-state index < -0.39 is 0 Å². The van der Waals surface area contributed by atoms with E-state index >= 15 is 0 Å². The zero-order valence-corrected chi connectivity index (χ0v) is 12.9. The summed E-state index contributed by atoms with van der Waals surface area (Å²) in [4.78, 5) is 14.4. The Morgan fingerprint density at radius 1 is 1.40 bits per heavy atom. The number of amides is 1. The lowest BCUT2D eigenvalue weighted by atomic mass is 10.0. The number of hydrogen-bond donors (Lipinski definition) is 1. The van der Waals surface area contributed by atoms with Crippen LogP contribution in [0.2, 0.25) is 0 Å². The summed E-state index contributed by atoms with van der Waals surface area (Å²) in [7, 11) is 0. The Labute approximate surface area is 122 Å².